The molecule has 0 amide bonds. The molecule has 1 aliphatic heterocycles. The van der Waals surface area contributed by atoms with Crippen LogP contribution in [-0.4, -0.2) is 28.0 Å². The van der Waals surface area contributed by atoms with Crippen LogP contribution in [0.25, 0.3) is 11.0 Å². The highest BCUT2D eigenvalue weighted by Crippen LogP contribution is 2.22. The molecule has 0 radical (unpaired) electrons. The van der Waals surface area contributed by atoms with E-state index in [2.05, 4.69) is 21.8 Å². The molecule has 3 rings (SSSR count). The van der Waals surface area contributed by atoms with Crippen LogP contribution >= 0.6 is 0 Å². The van der Waals surface area contributed by atoms with E-state index >= 15 is 0 Å². The number of aromatic amines is 1. The largest absolute Gasteiger partial charge is 0.399 e. The Kier molecular flexibility index (Phi) is 3.92. The SMILES string of the molecule is CCC1CCCN(Cc2nc3ccc(N)cc3[nH]2)CC1. The third kappa shape index (κ3) is 2.96. The number of likely N-dealkylation sites (tertiary alicyclic amines) is 1. The molecule has 4 heteroatoms. The van der Waals surface area contributed by atoms with E-state index in [1.165, 1.54) is 38.8 Å². The van der Waals surface area contributed by atoms with Crippen molar-refractivity contribution in [3.05, 3.63) is 24.0 Å². The van der Waals surface area contributed by atoms with E-state index in [1.807, 2.05) is 18.2 Å². The Morgan fingerprint density at radius 3 is 3.10 bits per heavy atom. The monoisotopic (exact) mass is 272 g/mol. The number of nitrogens with one attached hydrogen (secondary N) is 1. The highest BCUT2D eigenvalue weighted by Gasteiger charge is 2.16. The molecule has 0 bridgehead atoms. The van der Waals surface area contributed by atoms with Gasteiger partial charge in [-0.15, -0.1) is 0 Å². The van der Waals surface area contributed by atoms with E-state index in [9.17, 15) is 0 Å². The zero-order valence-electron chi connectivity index (χ0n) is 12.2. The van der Waals surface area contributed by atoms with Gasteiger partial charge in [0.05, 0.1) is 17.6 Å². The minimum Gasteiger partial charge on any atom is -0.399 e. The molecule has 1 aromatic carbocycles. The molecule has 20 heavy (non-hydrogen) atoms. The van der Waals surface area contributed by atoms with Gasteiger partial charge in [0.15, 0.2) is 0 Å². The highest BCUT2D eigenvalue weighted by atomic mass is 15.1. The zero-order chi connectivity index (χ0) is 13.9. The van der Waals surface area contributed by atoms with Crippen LogP contribution in [0.5, 0.6) is 0 Å². The minimum atomic E-state index is 0.785. The first-order chi connectivity index (χ1) is 9.74. The molecule has 0 aliphatic carbocycles. The van der Waals surface area contributed by atoms with Gasteiger partial charge in [-0.05, 0) is 56.5 Å². The maximum absolute atomic E-state index is 5.81. The number of nitrogen functional groups attached to an aromatic ring is 1. The van der Waals surface area contributed by atoms with Crippen LogP contribution < -0.4 is 5.73 Å². The van der Waals surface area contributed by atoms with E-state index in [0.717, 1.165) is 35.0 Å². The van der Waals surface area contributed by atoms with Gasteiger partial charge in [0.1, 0.15) is 5.82 Å². The number of H-pyrrole nitrogens is 1. The molecule has 4 nitrogen and oxygen atoms in total. The number of hydrogen-bond acceptors (Lipinski definition) is 3. The Balaban J connectivity index is 1.69. The summed E-state index contributed by atoms with van der Waals surface area (Å²) in [6.45, 7) is 5.61. The topological polar surface area (TPSA) is 57.9 Å². The van der Waals surface area contributed by atoms with E-state index in [0.29, 0.717) is 0 Å². The summed E-state index contributed by atoms with van der Waals surface area (Å²) in [5.41, 5.74) is 8.65. The van der Waals surface area contributed by atoms with Crippen molar-refractivity contribution < 1.29 is 0 Å². The van der Waals surface area contributed by atoms with Crippen molar-refractivity contribution in [3.8, 4) is 0 Å². The third-order valence-corrected chi connectivity index (χ3v) is 4.45. The van der Waals surface area contributed by atoms with E-state index < -0.39 is 0 Å². The lowest BCUT2D eigenvalue weighted by Crippen LogP contribution is -2.24. The van der Waals surface area contributed by atoms with Gasteiger partial charge in [0, 0.05) is 5.69 Å². The smallest absolute Gasteiger partial charge is 0.121 e. The van der Waals surface area contributed by atoms with Crippen LogP contribution in [-0.2, 0) is 6.54 Å². The Morgan fingerprint density at radius 2 is 2.25 bits per heavy atom. The summed E-state index contributed by atoms with van der Waals surface area (Å²) in [5, 5.41) is 0. The van der Waals surface area contributed by atoms with Gasteiger partial charge >= 0.3 is 0 Å². The molecule has 1 aliphatic rings. The van der Waals surface area contributed by atoms with Crippen molar-refractivity contribution in [2.75, 3.05) is 18.8 Å². The van der Waals surface area contributed by atoms with Gasteiger partial charge in [-0.25, -0.2) is 4.98 Å². The second kappa shape index (κ2) is 5.83. The first-order valence-electron chi connectivity index (χ1n) is 7.71. The molecule has 2 heterocycles. The third-order valence-electron chi connectivity index (χ3n) is 4.45. The average molecular weight is 272 g/mol. The summed E-state index contributed by atoms with van der Waals surface area (Å²) in [6, 6.07) is 5.85. The van der Waals surface area contributed by atoms with Crippen LogP contribution in [0.15, 0.2) is 18.2 Å². The van der Waals surface area contributed by atoms with Gasteiger partial charge < -0.3 is 10.7 Å². The Morgan fingerprint density at radius 1 is 1.35 bits per heavy atom. The first kappa shape index (κ1) is 13.4. The van der Waals surface area contributed by atoms with Gasteiger partial charge in [-0.1, -0.05) is 13.3 Å². The molecule has 0 spiro atoms. The van der Waals surface area contributed by atoms with Crippen LogP contribution in [0.2, 0.25) is 0 Å². The lowest BCUT2D eigenvalue weighted by atomic mass is 9.98. The molecule has 1 aromatic heterocycles. The number of nitrogens with zero attached hydrogens (tertiary/aromatic N) is 2. The van der Waals surface area contributed by atoms with Crippen LogP contribution in [0, 0.1) is 5.92 Å². The summed E-state index contributed by atoms with van der Waals surface area (Å²) < 4.78 is 0. The van der Waals surface area contributed by atoms with Crippen LogP contribution in [0.3, 0.4) is 0 Å². The fraction of sp³-hybridized carbons (Fsp3) is 0.562. The fourth-order valence-electron chi connectivity index (χ4n) is 3.16. The van der Waals surface area contributed by atoms with E-state index in [-0.39, 0.29) is 0 Å². The predicted octanol–water partition coefficient (Wildman–Crippen LogP) is 3.16. The number of anilines is 1. The van der Waals surface area contributed by atoms with Gasteiger partial charge in [0.25, 0.3) is 0 Å². The molecular weight excluding hydrogens is 248 g/mol. The van der Waals surface area contributed by atoms with Crippen molar-refractivity contribution in [1.29, 1.82) is 0 Å². The molecule has 2 aromatic rings. The Bertz CT molecular complexity index is 575. The van der Waals surface area contributed by atoms with E-state index in [1.54, 1.807) is 0 Å². The maximum atomic E-state index is 5.81. The fourth-order valence-corrected chi connectivity index (χ4v) is 3.16. The van der Waals surface area contributed by atoms with Crippen molar-refractivity contribution in [2.24, 2.45) is 5.92 Å². The average Bonchev–Trinajstić information content (AvgIpc) is 2.68. The van der Waals surface area contributed by atoms with Crippen molar-refractivity contribution in [3.63, 3.8) is 0 Å². The normalized spacial score (nSPS) is 21.1. The predicted molar refractivity (Wildman–Crippen MR) is 83.4 cm³/mol. The first-order valence-corrected chi connectivity index (χ1v) is 7.71. The molecule has 1 atom stereocenters. The number of imidazole rings is 1. The minimum absolute atomic E-state index is 0.785. The number of aromatic nitrogens is 2. The number of nitrogens with two attached hydrogens (primary N) is 1. The van der Waals surface area contributed by atoms with E-state index in [4.69, 9.17) is 5.73 Å². The summed E-state index contributed by atoms with van der Waals surface area (Å²) in [5.74, 6) is 1.97. The molecule has 1 fully saturated rings. The van der Waals surface area contributed by atoms with Crippen LogP contribution in [0.1, 0.15) is 38.4 Å². The molecule has 1 saturated heterocycles. The standard InChI is InChI=1S/C16H24N4/c1-2-12-4-3-8-20(9-7-12)11-16-18-14-6-5-13(17)10-15(14)19-16/h5-6,10,12H,2-4,7-9,11,17H2,1H3,(H,18,19). The second-order valence-corrected chi connectivity index (χ2v) is 5.94. The molecular formula is C16H24N4. The molecule has 0 saturated carbocycles. The number of fused-ring (bicyclic) bond motifs is 1. The Hall–Kier alpha value is -1.55. The van der Waals surface area contributed by atoms with Gasteiger partial charge in [-0.3, -0.25) is 4.90 Å². The maximum Gasteiger partial charge on any atom is 0.121 e. The summed E-state index contributed by atoms with van der Waals surface area (Å²) in [7, 11) is 0. The quantitative estimate of drug-likeness (QED) is 0.844. The highest BCUT2D eigenvalue weighted by molar-refractivity contribution is 5.78. The number of benzene rings is 1. The number of hydrogen-bond donors (Lipinski definition) is 2. The van der Waals surface area contributed by atoms with Crippen LogP contribution in [0.4, 0.5) is 5.69 Å². The van der Waals surface area contributed by atoms with Crippen molar-refractivity contribution in [1.82, 2.24) is 14.9 Å². The summed E-state index contributed by atoms with van der Waals surface area (Å²) >= 11 is 0. The number of rotatable bonds is 3. The lowest BCUT2D eigenvalue weighted by molar-refractivity contribution is 0.266. The summed E-state index contributed by atoms with van der Waals surface area (Å²) in [6.07, 6.45) is 5.33. The molecule has 1 unspecified atom stereocenters. The zero-order valence-corrected chi connectivity index (χ0v) is 12.2. The summed E-state index contributed by atoms with van der Waals surface area (Å²) in [4.78, 5) is 10.6. The molecule has 108 valence electrons. The van der Waals surface area contributed by atoms with Crippen molar-refractivity contribution in [2.45, 2.75) is 39.2 Å². The molecule has 3 N–H and O–H groups in total. The van der Waals surface area contributed by atoms with Crippen molar-refractivity contribution >= 4 is 16.7 Å². The Labute approximate surface area is 120 Å². The van der Waals surface area contributed by atoms with Gasteiger partial charge in [-0.2, -0.15) is 0 Å². The van der Waals surface area contributed by atoms with Gasteiger partial charge in [0.2, 0.25) is 0 Å². The second-order valence-electron chi connectivity index (χ2n) is 5.94. The lowest BCUT2D eigenvalue weighted by Gasteiger charge is -2.18.